The average molecular weight is 929 g/mol. The molecule has 0 amide bonds. The van der Waals surface area contributed by atoms with Crippen molar-refractivity contribution in [2.45, 2.75) is 57.8 Å². The second-order valence-electron chi connectivity index (χ2n) is 22.0. The monoisotopic (exact) mass is 928 g/mol. The topological polar surface area (TPSA) is 6.48 Å². The summed E-state index contributed by atoms with van der Waals surface area (Å²) in [4.78, 5) is 6.67. The molecule has 0 saturated carbocycles. The summed E-state index contributed by atoms with van der Waals surface area (Å²) in [5, 5.41) is 0. The number of fused-ring (bicyclic) bond motifs is 15. The number of para-hydroxylation sites is 2. The van der Waals surface area contributed by atoms with Crippen LogP contribution in [-0.2, 0) is 16.2 Å². The summed E-state index contributed by atoms with van der Waals surface area (Å²) < 4.78 is 1.40. The van der Waals surface area contributed by atoms with Gasteiger partial charge in [0.15, 0.2) is 0 Å². The SMILES string of the molecule is CC(C)(C)c1ccc(-c2ccccc2)c(-c2ccc3c(c2)N(c2ccccc2)c2cc(C(C)(C)C)cc4c2B3c2sc3c(c2N4c2ccccc2)-c2ccccc2C32c3ccccc3-c3ccccc32)c1. The fourth-order valence-electron chi connectivity index (χ4n) is 12.7. The zero-order valence-electron chi connectivity index (χ0n) is 41.1. The predicted molar refractivity (Wildman–Crippen MR) is 303 cm³/mol. The Balaban J connectivity index is 1.12. The van der Waals surface area contributed by atoms with Gasteiger partial charge in [0.2, 0.25) is 0 Å². The fraction of sp³-hybridized carbons (Fsp3) is 0.134. The Labute approximate surface area is 422 Å². The molecule has 340 valence electrons. The molecule has 1 spiro atoms. The van der Waals surface area contributed by atoms with Gasteiger partial charge in [-0.2, -0.15) is 0 Å². The first-order valence-electron chi connectivity index (χ1n) is 25.2. The lowest BCUT2D eigenvalue weighted by molar-refractivity contribution is 0.590. The highest BCUT2D eigenvalue weighted by Crippen LogP contribution is 2.67. The first kappa shape index (κ1) is 42.2. The van der Waals surface area contributed by atoms with Crippen LogP contribution in [0, 0.1) is 0 Å². The first-order valence-corrected chi connectivity index (χ1v) is 26.0. The zero-order chi connectivity index (χ0) is 48.0. The van der Waals surface area contributed by atoms with Crippen molar-refractivity contribution >= 4 is 67.9 Å². The van der Waals surface area contributed by atoms with Crippen LogP contribution in [0.5, 0.6) is 0 Å². The minimum atomic E-state index is -0.460. The molecule has 9 aromatic carbocycles. The second-order valence-corrected chi connectivity index (χ2v) is 23.1. The lowest BCUT2D eigenvalue weighted by Gasteiger charge is -2.44. The zero-order valence-corrected chi connectivity index (χ0v) is 41.9. The molecule has 0 unspecified atom stereocenters. The molecule has 0 bridgehead atoms. The predicted octanol–water partition coefficient (Wildman–Crippen LogP) is 16.1. The van der Waals surface area contributed by atoms with Crippen LogP contribution in [0.15, 0.2) is 212 Å². The van der Waals surface area contributed by atoms with Crippen molar-refractivity contribution in [2.75, 3.05) is 9.80 Å². The summed E-state index contributed by atoms with van der Waals surface area (Å²) in [5.41, 5.74) is 26.5. The van der Waals surface area contributed by atoms with Crippen LogP contribution >= 0.6 is 11.3 Å². The van der Waals surface area contributed by atoms with Crippen molar-refractivity contribution < 1.29 is 0 Å². The van der Waals surface area contributed by atoms with Crippen LogP contribution in [0.1, 0.15) is 74.2 Å². The highest BCUT2D eigenvalue weighted by Gasteiger charge is 2.57. The molecule has 4 heteroatoms. The molecular formula is C67H53BN2S. The third-order valence-electron chi connectivity index (χ3n) is 16.0. The van der Waals surface area contributed by atoms with Gasteiger partial charge in [0.1, 0.15) is 0 Å². The second kappa shape index (κ2) is 15.2. The van der Waals surface area contributed by atoms with Gasteiger partial charge >= 0.3 is 0 Å². The summed E-state index contributed by atoms with van der Waals surface area (Å²) in [5.74, 6) is 0. The Morgan fingerprint density at radius 2 is 0.930 bits per heavy atom. The molecule has 1 aromatic heterocycles. The van der Waals surface area contributed by atoms with E-state index in [1.807, 2.05) is 0 Å². The number of anilines is 6. The average Bonchev–Trinajstić information content (AvgIpc) is 4.03. The molecule has 2 aliphatic heterocycles. The van der Waals surface area contributed by atoms with E-state index in [9.17, 15) is 0 Å². The van der Waals surface area contributed by atoms with Crippen LogP contribution in [-0.4, -0.2) is 6.71 Å². The van der Waals surface area contributed by atoms with Crippen LogP contribution in [0.4, 0.5) is 34.1 Å². The summed E-state index contributed by atoms with van der Waals surface area (Å²) in [6.45, 7) is 14.0. The van der Waals surface area contributed by atoms with Gasteiger partial charge in [-0.15, -0.1) is 11.3 Å². The minimum absolute atomic E-state index is 0.0219. The van der Waals surface area contributed by atoms with Gasteiger partial charge in [-0.1, -0.05) is 211 Å². The number of nitrogens with zero attached hydrogens (tertiary/aromatic N) is 2. The van der Waals surface area contributed by atoms with Gasteiger partial charge in [0.05, 0.1) is 11.1 Å². The fourth-order valence-corrected chi connectivity index (χ4v) is 14.3. The Bertz CT molecular complexity index is 3750. The normalized spacial score (nSPS) is 14.4. The van der Waals surface area contributed by atoms with Crippen molar-refractivity contribution in [3.8, 4) is 44.5 Å². The van der Waals surface area contributed by atoms with Gasteiger partial charge in [-0.25, -0.2) is 0 Å². The summed E-state index contributed by atoms with van der Waals surface area (Å²) >= 11 is 2.06. The molecule has 0 atom stereocenters. The van der Waals surface area contributed by atoms with Crippen LogP contribution in [0.2, 0.25) is 0 Å². The molecule has 2 nitrogen and oxygen atoms in total. The molecule has 0 radical (unpaired) electrons. The van der Waals surface area contributed by atoms with E-state index in [1.54, 1.807) is 0 Å². The number of hydrogen-bond donors (Lipinski definition) is 0. The molecule has 0 N–H and O–H groups in total. The Kier molecular flexibility index (Phi) is 9.03. The molecule has 71 heavy (non-hydrogen) atoms. The highest BCUT2D eigenvalue weighted by atomic mass is 32.1. The number of rotatable bonds is 4. The van der Waals surface area contributed by atoms with E-state index in [4.69, 9.17) is 0 Å². The summed E-state index contributed by atoms with van der Waals surface area (Å²) in [6, 6.07) is 80.6. The highest BCUT2D eigenvalue weighted by molar-refractivity contribution is 7.30. The van der Waals surface area contributed by atoms with E-state index in [2.05, 4.69) is 275 Å². The van der Waals surface area contributed by atoms with Crippen molar-refractivity contribution in [3.05, 3.63) is 245 Å². The van der Waals surface area contributed by atoms with E-state index < -0.39 is 5.41 Å². The van der Waals surface area contributed by atoms with E-state index in [1.165, 1.54) is 121 Å². The van der Waals surface area contributed by atoms with E-state index in [0.717, 1.165) is 5.69 Å². The summed E-state index contributed by atoms with van der Waals surface area (Å²) in [6.07, 6.45) is 0. The van der Waals surface area contributed by atoms with Gasteiger partial charge < -0.3 is 9.80 Å². The largest absolute Gasteiger partial charge is 0.311 e. The molecule has 14 rings (SSSR count). The maximum Gasteiger partial charge on any atom is 0.264 e. The van der Waals surface area contributed by atoms with Gasteiger partial charge in [0, 0.05) is 43.7 Å². The third-order valence-corrected chi connectivity index (χ3v) is 17.3. The first-order chi connectivity index (χ1) is 34.5. The van der Waals surface area contributed by atoms with Gasteiger partial charge in [0.25, 0.3) is 6.71 Å². The molecule has 2 aliphatic carbocycles. The van der Waals surface area contributed by atoms with Gasteiger partial charge in [-0.05, 0) is 131 Å². The van der Waals surface area contributed by atoms with Crippen LogP contribution in [0.3, 0.4) is 0 Å². The third kappa shape index (κ3) is 5.95. The van der Waals surface area contributed by atoms with Crippen molar-refractivity contribution in [1.29, 1.82) is 0 Å². The lowest BCUT2D eigenvalue weighted by Crippen LogP contribution is -2.60. The van der Waals surface area contributed by atoms with Gasteiger partial charge in [-0.3, -0.25) is 0 Å². The Morgan fingerprint density at radius 3 is 1.54 bits per heavy atom. The van der Waals surface area contributed by atoms with Crippen molar-refractivity contribution in [1.82, 2.24) is 0 Å². The van der Waals surface area contributed by atoms with E-state index in [0.29, 0.717) is 0 Å². The molecule has 0 saturated heterocycles. The van der Waals surface area contributed by atoms with E-state index >= 15 is 0 Å². The Morgan fingerprint density at radius 1 is 0.408 bits per heavy atom. The maximum absolute atomic E-state index is 2.66. The van der Waals surface area contributed by atoms with Crippen LogP contribution < -0.4 is 25.5 Å². The van der Waals surface area contributed by atoms with Crippen LogP contribution in [0.25, 0.3) is 44.5 Å². The molecule has 10 aromatic rings. The maximum atomic E-state index is 2.66. The van der Waals surface area contributed by atoms with Crippen molar-refractivity contribution in [3.63, 3.8) is 0 Å². The number of thiophene rings is 1. The standard InChI is InChI=1S/C67H53BN2S/c1-65(2,3)44-35-36-48(42-22-10-7-11-23-42)52(39-44)43-34-37-56-57(38-43)69(46-24-12-8-13-25-46)58-40-45(66(4,5)6)41-59-61(58)68(56)64-62(70(59)47-26-14-9-15-27-47)60-51-30-18-21-33-55(51)67(63(60)71-64)53-31-19-16-28-49(53)50-29-17-20-32-54(50)67/h7-41H,1-6H3. The molecule has 3 heterocycles. The molecular weight excluding hydrogens is 876 g/mol. The molecule has 0 fully saturated rings. The lowest BCUT2D eigenvalue weighted by atomic mass is 9.36. The summed E-state index contributed by atoms with van der Waals surface area (Å²) in [7, 11) is 0. The number of hydrogen-bond acceptors (Lipinski definition) is 3. The number of benzene rings is 9. The smallest absolute Gasteiger partial charge is 0.264 e. The quantitative estimate of drug-likeness (QED) is 0.162. The van der Waals surface area contributed by atoms with Crippen molar-refractivity contribution in [2.24, 2.45) is 0 Å². The minimum Gasteiger partial charge on any atom is -0.311 e. The Hall–Kier alpha value is -7.66. The molecule has 4 aliphatic rings. The van der Waals surface area contributed by atoms with E-state index in [-0.39, 0.29) is 17.5 Å².